The second kappa shape index (κ2) is 7.60. The largest absolute Gasteiger partial charge is 0.433 e. The maximum atomic E-state index is 13.1. The fourth-order valence-electron chi connectivity index (χ4n) is 4.63. The number of rotatable bonds is 3. The number of alkyl halides is 3. The molecule has 3 heterocycles. The van der Waals surface area contributed by atoms with Crippen molar-refractivity contribution >= 4 is 17.7 Å². The van der Waals surface area contributed by atoms with Crippen LogP contribution in [0.15, 0.2) is 64.7 Å². The van der Waals surface area contributed by atoms with Gasteiger partial charge in [-0.2, -0.15) is 13.2 Å². The van der Waals surface area contributed by atoms with Crippen LogP contribution in [0.4, 0.5) is 23.8 Å². The molecule has 2 atom stereocenters. The third kappa shape index (κ3) is 3.96. The zero-order valence-electron chi connectivity index (χ0n) is 18.3. The number of nitrogens with one attached hydrogen (secondary N) is 2. The van der Waals surface area contributed by atoms with Gasteiger partial charge in [0.1, 0.15) is 17.3 Å². The fourth-order valence-corrected chi connectivity index (χ4v) is 4.63. The minimum atomic E-state index is -4.52. The molecular formula is C24H24F3N5O. The van der Waals surface area contributed by atoms with Crippen molar-refractivity contribution in [3.05, 3.63) is 70.9 Å². The summed E-state index contributed by atoms with van der Waals surface area (Å²) in [5.74, 6) is 0.863. The number of urea groups is 1. The summed E-state index contributed by atoms with van der Waals surface area (Å²) >= 11 is 0. The Morgan fingerprint density at radius 3 is 2.61 bits per heavy atom. The Morgan fingerprint density at radius 2 is 1.88 bits per heavy atom. The highest BCUT2D eigenvalue weighted by Crippen LogP contribution is 2.42. The van der Waals surface area contributed by atoms with Gasteiger partial charge >= 0.3 is 12.2 Å². The van der Waals surface area contributed by atoms with E-state index in [9.17, 15) is 18.0 Å². The van der Waals surface area contributed by atoms with E-state index >= 15 is 0 Å². The summed E-state index contributed by atoms with van der Waals surface area (Å²) < 4.78 is 39.0. The Labute approximate surface area is 189 Å². The van der Waals surface area contributed by atoms with Crippen LogP contribution in [0.5, 0.6) is 0 Å². The van der Waals surface area contributed by atoms with Crippen LogP contribution in [0.3, 0.4) is 0 Å². The average Bonchev–Trinajstić information content (AvgIpc) is 3.33. The Bertz CT molecular complexity index is 1160. The molecule has 172 valence electrons. The van der Waals surface area contributed by atoms with Gasteiger partial charge in [0.25, 0.3) is 0 Å². The summed E-state index contributed by atoms with van der Waals surface area (Å²) in [5.41, 5.74) is 1.53. The first-order valence-electron chi connectivity index (χ1n) is 10.9. The molecule has 1 saturated carbocycles. The highest BCUT2D eigenvalue weighted by molar-refractivity contribution is 6.11. The fraction of sp³-hybridized carbons (Fsp3) is 0.375. The maximum Gasteiger partial charge on any atom is 0.433 e. The van der Waals surface area contributed by atoms with E-state index in [1.807, 2.05) is 32.0 Å². The molecule has 33 heavy (non-hydrogen) atoms. The molecule has 2 aliphatic heterocycles. The van der Waals surface area contributed by atoms with E-state index in [2.05, 4.69) is 32.7 Å². The lowest BCUT2D eigenvalue weighted by Gasteiger charge is -2.34. The molecule has 0 radical (unpaired) electrons. The van der Waals surface area contributed by atoms with Crippen molar-refractivity contribution in [2.24, 2.45) is 4.99 Å². The van der Waals surface area contributed by atoms with Gasteiger partial charge in [-0.25, -0.2) is 9.78 Å². The number of aromatic nitrogens is 1. The Balaban J connectivity index is 1.27. The number of pyridine rings is 1. The lowest BCUT2D eigenvalue weighted by molar-refractivity contribution is -0.141. The molecule has 9 heteroatoms. The van der Waals surface area contributed by atoms with Gasteiger partial charge in [-0.05, 0) is 43.5 Å². The molecule has 1 unspecified atom stereocenters. The zero-order valence-corrected chi connectivity index (χ0v) is 18.3. The summed E-state index contributed by atoms with van der Waals surface area (Å²) in [6.07, 6.45) is -3.61. The van der Waals surface area contributed by atoms with Crippen molar-refractivity contribution in [2.45, 2.75) is 43.9 Å². The highest BCUT2D eigenvalue weighted by atomic mass is 19.4. The summed E-state index contributed by atoms with van der Waals surface area (Å²) in [7, 11) is 0. The summed E-state index contributed by atoms with van der Waals surface area (Å²) in [5, 5.41) is 6.07. The zero-order chi connectivity index (χ0) is 23.4. The summed E-state index contributed by atoms with van der Waals surface area (Å²) in [6.45, 7) is 4.67. The number of anilines is 1. The minimum absolute atomic E-state index is 0.0710. The lowest BCUT2D eigenvalue weighted by Crippen LogP contribution is -2.51. The topological polar surface area (TPSA) is 69.6 Å². The number of benzene rings is 1. The van der Waals surface area contributed by atoms with Gasteiger partial charge in [0.2, 0.25) is 0 Å². The summed E-state index contributed by atoms with van der Waals surface area (Å²) in [6, 6.07) is 13.8. The van der Waals surface area contributed by atoms with Crippen LogP contribution in [0.2, 0.25) is 0 Å². The SMILES string of the molecule is CC1(C)C2=C(CN1C(=O)NC1C[C@@H]1c1ccccc1)C(Nc1cccc(C(F)(F)F)n1)=NC2. The highest BCUT2D eigenvalue weighted by Gasteiger charge is 2.47. The Morgan fingerprint density at radius 1 is 1.12 bits per heavy atom. The molecule has 0 spiro atoms. The molecule has 1 fully saturated rings. The number of halogens is 3. The summed E-state index contributed by atoms with van der Waals surface area (Å²) in [4.78, 5) is 23.0. The predicted octanol–water partition coefficient (Wildman–Crippen LogP) is 4.58. The van der Waals surface area contributed by atoms with Crippen molar-refractivity contribution in [2.75, 3.05) is 18.4 Å². The number of nitrogens with zero attached hydrogens (tertiary/aromatic N) is 3. The molecule has 1 aromatic heterocycles. The molecule has 5 rings (SSSR count). The third-order valence-corrected chi connectivity index (χ3v) is 6.63. The third-order valence-electron chi connectivity index (χ3n) is 6.63. The van der Waals surface area contributed by atoms with Crippen LogP contribution >= 0.6 is 0 Å². The molecule has 2 N–H and O–H groups in total. The monoisotopic (exact) mass is 455 g/mol. The van der Waals surface area contributed by atoms with Gasteiger partial charge in [0.05, 0.1) is 18.6 Å². The van der Waals surface area contributed by atoms with E-state index in [0.29, 0.717) is 24.8 Å². The molecule has 0 bridgehead atoms. The quantitative estimate of drug-likeness (QED) is 0.712. The van der Waals surface area contributed by atoms with Crippen molar-refractivity contribution in [3.8, 4) is 0 Å². The number of aliphatic imine (C=N–C) groups is 1. The van der Waals surface area contributed by atoms with E-state index in [0.717, 1.165) is 23.6 Å². The van der Waals surface area contributed by atoms with Crippen LogP contribution in [0, 0.1) is 0 Å². The van der Waals surface area contributed by atoms with E-state index in [4.69, 9.17) is 0 Å². The molecule has 1 aliphatic carbocycles. The van der Waals surface area contributed by atoms with Gasteiger partial charge in [0.15, 0.2) is 0 Å². The maximum absolute atomic E-state index is 13.1. The molecular weight excluding hydrogens is 431 g/mol. The second-order valence-electron chi connectivity index (χ2n) is 9.11. The Kier molecular flexibility index (Phi) is 4.95. The first-order valence-corrected chi connectivity index (χ1v) is 10.9. The normalized spacial score (nSPS) is 23.3. The van der Waals surface area contributed by atoms with Crippen molar-refractivity contribution in [3.63, 3.8) is 0 Å². The number of hydrogen-bond acceptors (Lipinski definition) is 4. The van der Waals surface area contributed by atoms with Crippen molar-refractivity contribution < 1.29 is 18.0 Å². The Hall–Kier alpha value is -3.36. The minimum Gasteiger partial charge on any atom is -0.335 e. The van der Waals surface area contributed by atoms with Gasteiger partial charge in [0, 0.05) is 17.5 Å². The van der Waals surface area contributed by atoms with Gasteiger partial charge in [-0.3, -0.25) is 4.99 Å². The molecule has 2 aromatic rings. The molecule has 6 nitrogen and oxygen atoms in total. The van der Waals surface area contributed by atoms with Crippen molar-refractivity contribution in [1.29, 1.82) is 0 Å². The second-order valence-corrected chi connectivity index (χ2v) is 9.11. The average molecular weight is 455 g/mol. The van der Waals surface area contributed by atoms with E-state index < -0.39 is 17.4 Å². The first kappa shape index (κ1) is 21.5. The standard InChI is InChI=1S/C24H24F3N5O/c1-23(2)17-12-28-21(31-20-10-6-9-19(30-20)24(25,26)27)16(17)13-32(23)22(33)29-18-11-15(18)14-7-4-3-5-8-14/h3-10,15,18H,11-13H2,1-2H3,(H,29,33)(H,28,30,31)/t15-,18?/m1/s1. The number of carbonyl (C=O) groups excluding carboxylic acids is 1. The lowest BCUT2D eigenvalue weighted by atomic mass is 9.94. The van der Waals surface area contributed by atoms with Crippen molar-refractivity contribution in [1.82, 2.24) is 15.2 Å². The van der Waals surface area contributed by atoms with E-state index in [1.165, 1.54) is 17.7 Å². The van der Waals surface area contributed by atoms with Gasteiger partial charge in [-0.1, -0.05) is 36.4 Å². The molecule has 0 saturated heterocycles. The number of carbonyl (C=O) groups is 1. The van der Waals surface area contributed by atoms with Gasteiger partial charge in [-0.15, -0.1) is 0 Å². The van der Waals surface area contributed by atoms with E-state index in [1.54, 1.807) is 4.90 Å². The van der Waals surface area contributed by atoms with Crippen LogP contribution in [-0.4, -0.2) is 46.4 Å². The van der Waals surface area contributed by atoms with Crippen LogP contribution in [-0.2, 0) is 6.18 Å². The predicted molar refractivity (Wildman–Crippen MR) is 119 cm³/mol. The molecule has 3 aliphatic rings. The number of amidine groups is 1. The molecule has 1 aromatic carbocycles. The van der Waals surface area contributed by atoms with E-state index in [-0.39, 0.29) is 17.9 Å². The van der Waals surface area contributed by atoms with Crippen LogP contribution in [0.1, 0.15) is 37.4 Å². The first-order chi connectivity index (χ1) is 15.6. The smallest absolute Gasteiger partial charge is 0.335 e. The van der Waals surface area contributed by atoms with Crippen LogP contribution < -0.4 is 10.6 Å². The number of hydrogen-bond donors (Lipinski definition) is 2. The molecule has 2 amide bonds. The van der Waals surface area contributed by atoms with Crippen LogP contribution in [0.25, 0.3) is 0 Å². The van der Waals surface area contributed by atoms with Gasteiger partial charge < -0.3 is 15.5 Å². The number of amides is 2.